The number of nitrogens with two attached hydrogens (primary N) is 2. The molecule has 4 rings (SSSR count). The number of carboxylic acids is 1. The van der Waals surface area contributed by atoms with Crippen molar-refractivity contribution in [3.8, 4) is 5.75 Å². The van der Waals surface area contributed by atoms with E-state index < -0.39 is 34.1 Å². The average molecular weight is 596 g/mol. The molecule has 10 nitrogen and oxygen atoms in total. The first-order chi connectivity index (χ1) is 19.3. The number of carboxylic acid groups (broad SMARTS) is 1. The standard InChI is InChI=1S/C17H17F3N4O5S.C10H15N/c18-17(19,20)29-12-2-4-13(5-3-12)30(27,28)24-8-7-23(10-14(24)16(25)26)15-6-1-11(21)9-22-15;1-2-3-9-4-6-10(8-11)7-5-9/h1-6,9,14H,7-8,10,21H2,(H,25,26);4-7H,2-3,8,11H2,1H3/t14-;/m1./s1. The normalized spacial score (nSPS) is 16.0. The summed E-state index contributed by atoms with van der Waals surface area (Å²) in [7, 11) is -4.28. The molecule has 1 aromatic heterocycles. The number of carbonyl (C=O) groups is 1. The second-order valence-electron chi connectivity index (χ2n) is 9.16. The van der Waals surface area contributed by atoms with Crippen molar-refractivity contribution in [3.05, 3.63) is 78.0 Å². The van der Waals surface area contributed by atoms with Gasteiger partial charge in [-0.1, -0.05) is 37.6 Å². The molecule has 2 heterocycles. The number of piperazine rings is 1. The van der Waals surface area contributed by atoms with E-state index >= 15 is 0 Å². The molecule has 0 saturated carbocycles. The summed E-state index contributed by atoms with van der Waals surface area (Å²) in [5.74, 6) is -1.51. The van der Waals surface area contributed by atoms with Crippen LogP contribution in [0, 0.1) is 0 Å². The minimum absolute atomic E-state index is 0.161. The van der Waals surface area contributed by atoms with Crippen molar-refractivity contribution in [3.63, 3.8) is 0 Å². The largest absolute Gasteiger partial charge is 0.573 e. The molecule has 1 aliphatic rings. The molecule has 0 aliphatic carbocycles. The van der Waals surface area contributed by atoms with Gasteiger partial charge < -0.3 is 26.2 Å². The zero-order chi connectivity index (χ0) is 30.2. The van der Waals surface area contributed by atoms with Crippen molar-refractivity contribution in [2.75, 3.05) is 30.3 Å². The molecule has 0 unspecified atom stereocenters. The van der Waals surface area contributed by atoms with Crippen molar-refractivity contribution in [2.24, 2.45) is 5.73 Å². The van der Waals surface area contributed by atoms with Crippen molar-refractivity contribution in [1.82, 2.24) is 9.29 Å². The Morgan fingerprint density at radius 3 is 2.20 bits per heavy atom. The Hall–Kier alpha value is -3.88. The van der Waals surface area contributed by atoms with Crippen LogP contribution in [0.3, 0.4) is 0 Å². The fourth-order valence-electron chi connectivity index (χ4n) is 4.13. The number of ether oxygens (including phenoxy) is 1. The predicted molar refractivity (Wildman–Crippen MR) is 148 cm³/mol. The smallest absolute Gasteiger partial charge is 0.480 e. The SMILES string of the molecule is CCCc1ccc(CN)cc1.Nc1ccc(N2CCN(S(=O)(=O)c3ccc(OC(F)(F)F)cc3)[C@@H](C(=O)O)C2)nc1. The van der Waals surface area contributed by atoms with E-state index in [0.717, 1.165) is 28.6 Å². The number of hydrogen-bond acceptors (Lipinski definition) is 8. The number of sulfonamides is 1. The molecule has 0 spiro atoms. The Kier molecular flexibility index (Phi) is 10.5. The van der Waals surface area contributed by atoms with Crippen LogP contribution in [-0.4, -0.2) is 60.8 Å². The minimum Gasteiger partial charge on any atom is -0.480 e. The van der Waals surface area contributed by atoms with Crippen LogP contribution < -0.4 is 21.1 Å². The van der Waals surface area contributed by atoms with Gasteiger partial charge in [0.1, 0.15) is 17.6 Å². The maximum atomic E-state index is 12.9. The number of aryl methyl sites for hydroxylation is 1. The third-order valence-corrected chi connectivity index (χ3v) is 8.09. The lowest BCUT2D eigenvalue weighted by Gasteiger charge is -2.38. The number of nitrogens with zero attached hydrogens (tertiary/aromatic N) is 3. The molecule has 0 amide bonds. The summed E-state index contributed by atoms with van der Waals surface area (Å²) < 4.78 is 67.2. The summed E-state index contributed by atoms with van der Waals surface area (Å²) in [6.45, 7) is 2.67. The Labute approximate surface area is 236 Å². The van der Waals surface area contributed by atoms with Crippen LogP contribution in [0.5, 0.6) is 5.75 Å². The molecular weight excluding hydrogens is 563 g/mol. The van der Waals surface area contributed by atoms with Gasteiger partial charge in [0, 0.05) is 26.2 Å². The van der Waals surface area contributed by atoms with Crippen LogP contribution in [0.15, 0.2) is 71.8 Å². The van der Waals surface area contributed by atoms with E-state index in [1.807, 2.05) is 0 Å². The van der Waals surface area contributed by atoms with E-state index in [1.165, 1.54) is 30.2 Å². The first-order valence-electron chi connectivity index (χ1n) is 12.7. The first kappa shape index (κ1) is 31.6. The molecule has 14 heteroatoms. The van der Waals surface area contributed by atoms with Crippen molar-refractivity contribution in [2.45, 2.75) is 43.6 Å². The fraction of sp³-hybridized carbons (Fsp3) is 0.333. The van der Waals surface area contributed by atoms with Crippen molar-refractivity contribution >= 4 is 27.5 Å². The van der Waals surface area contributed by atoms with E-state index in [1.54, 1.807) is 17.0 Å². The maximum absolute atomic E-state index is 12.9. The molecule has 1 aliphatic heterocycles. The second-order valence-corrected chi connectivity index (χ2v) is 11.0. The van der Waals surface area contributed by atoms with Crippen LogP contribution in [0.2, 0.25) is 0 Å². The highest BCUT2D eigenvalue weighted by Crippen LogP contribution is 2.28. The van der Waals surface area contributed by atoms with Gasteiger partial charge in [-0.25, -0.2) is 13.4 Å². The van der Waals surface area contributed by atoms with E-state index in [0.29, 0.717) is 18.1 Å². The number of anilines is 2. The quantitative estimate of drug-likeness (QED) is 0.355. The molecule has 222 valence electrons. The number of hydrogen-bond donors (Lipinski definition) is 3. The van der Waals surface area contributed by atoms with Gasteiger partial charge in [0.15, 0.2) is 0 Å². The minimum atomic E-state index is -4.92. The summed E-state index contributed by atoms with van der Waals surface area (Å²) in [6, 6.07) is 13.9. The zero-order valence-corrected chi connectivity index (χ0v) is 23.1. The number of rotatable bonds is 8. The van der Waals surface area contributed by atoms with Crippen LogP contribution in [0.4, 0.5) is 24.7 Å². The van der Waals surface area contributed by atoms with Crippen molar-refractivity contribution < 1.29 is 36.2 Å². The lowest BCUT2D eigenvalue weighted by atomic mass is 10.1. The number of nitrogen functional groups attached to an aromatic ring is 1. The average Bonchev–Trinajstić information content (AvgIpc) is 2.93. The van der Waals surface area contributed by atoms with Gasteiger partial charge in [0.2, 0.25) is 10.0 Å². The number of alkyl halides is 3. The van der Waals surface area contributed by atoms with Crippen molar-refractivity contribution in [1.29, 1.82) is 0 Å². The number of aromatic nitrogens is 1. The van der Waals surface area contributed by atoms with Gasteiger partial charge in [-0.3, -0.25) is 4.79 Å². The maximum Gasteiger partial charge on any atom is 0.573 e. The van der Waals surface area contributed by atoms with Gasteiger partial charge in [-0.05, 0) is 53.9 Å². The lowest BCUT2D eigenvalue weighted by Crippen LogP contribution is -2.58. The Balaban J connectivity index is 0.000000352. The molecule has 1 saturated heterocycles. The van der Waals surface area contributed by atoms with Crippen LogP contribution in [0.25, 0.3) is 0 Å². The van der Waals surface area contributed by atoms with Crippen LogP contribution >= 0.6 is 0 Å². The second kappa shape index (κ2) is 13.7. The lowest BCUT2D eigenvalue weighted by molar-refractivity contribution is -0.274. The van der Waals surface area contributed by atoms with E-state index in [9.17, 15) is 31.5 Å². The topological polar surface area (TPSA) is 152 Å². The number of benzene rings is 2. The van der Waals surface area contributed by atoms with E-state index in [-0.39, 0.29) is 24.5 Å². The summed E-state index contributed by atoms with van der Waals surface area (Å²) in [6.07, 6.45) is -1.13. The Morgan fingerprint density at radius 1 is 1.05 bits per heavy atom. The summed E-state index contributed by atoms with van der Waals surface area (Å²) in [4.78, 5) is 17.2. The number of halogens is 3. The van der Waals surface area contributed by atoms with Gasteiger partial charge >= 0.3 is 12.3 Å². The summed E-state index contributed by atoms with van der Waals surface area (Å²) >= 11 is 0. The van der Waals surface area contributed by atoms with Gasteiger partial charge in [0.25, 0.3) is 0 Å². The predicted octanol–water partition coefficient (Wildman–Crippen LogP) is 3.62. The molecule has 1 atom stereocenters. The zero-order valence-electron chi connectivity index (χ0n) is 22.3. The number of pyridine rings is 1. The molecule has 1 fully saturated rings. The third-order valence-electron chi connectivity index (χ3n) is 6.17. The molecule has 0 radical (unpaired) electrons. The highest BCUT2D eigenvalue weighted by molar-refractivity contribution is 7.89. The molecule has 41 heavy (non-hydrogen) atoms. The van der Waals surface area contributed by atoms with E-state index in [2.05, 4.69) is 40.9 Å². The monoisotopic (exact) mass is 595 g/mol. The molecule has 0 bridgehead atoms. The summed E-state index contributed by atoms with van der Waals surface area (Å²) in [5, 5.41) is 9.58. The molecular formula is C27H32F3N5O5S. The van der Waals surface area contributed by atoms with Gasteiger partial charge in [0.05, 0.1) is 16.8 Å². The van der Waals surface area contributed by atoms with Gasteiger partial charge in [-0.15, -0.1) is 13.2 Å². The first-order valence-corrected chi connectivity index (χ1v) is 14.1. The van der Waals surface area contributed by atoms with Gasteiger partial charge in [-0.2, -0.15) is 4.31 Å². The Morgan fingerprint density at radius 2 is 1.68 bits per heavy atom. The molecule has 2 aromatic carbocycles. The van der Waals surface area contributed by atoms with Crippen LogP contribution in [0.1, 0.15) is 24.5 Å². The van der Waals surface area contributed by atoms with Crippen LogP contribution in [-0.2, 0) is 27.8 Å². The fourth-order valence-corrected chi connectivity index (χ4v) is 5.69. The summed E-state index contributed by atoms with van der Waals surface area (Å²) in [5.41, 5.74) is 14.1. The highest BCUT2D eigenvalue weighted by atomic mass is 32.2. The third kappa shape index (κ3) is 8.80. The molecule has 5 N–H and O–H groups in total. The molecule has 3 aromatic rings. The highest BCUT2D eigenvalue weighted by Gasteiger charge is 2.40. The number of aliphatic carboxylic acids is 1. The van der Waals surface area contributed by atoms with E-state index in [4.69, 9.17) is 11.5 Å². The Bertz CT molecular complexity index is 1390.